The Balaban J connectivity index is 2.42. The summed E-state index contributed by atoms with van der Waals surface area (Å²) in [6.07, 6.45) is -4.73. The highest BCUT2D eigenvalue weighted by Crippen LogP contribution is 2.33. The van der Waals surface area contributed by atoms with E-state index in [4.69, 9.17) is 0 Å². The van der Waals surface area contributed by atoms with E-state index in [-0.39, 0.29) is 15.7 Å². The molecule has 0 bridgehead atoms. The second-order valence-electron chi connectivity index (χ2n) is 3.84. The monoisotopic (exact) mass is 321 g/mol. The Kier molecular flexibility index (Phi) is 4.31. The lowest BCUT2D eigenvalue weighted by Crippen LogP contribution is -2.12. The predicted octanol–water partition coefficient (Wildman–Crippen LogP) is 3.97. The Morgan fingerprint density at radius 3 is 2.43 bits per heavy atom. The van der Waals surface area contributed by atoms with Gasteiger partial charge in [-0.1, -0.05) is 11.8 Å². The van der Waals surface area contributed by atoms with Gasteiger partial charge in [0.2, 0.25) is 5.82 Å². The summed E-state index contributed by atoms with van der Waals surface area (Å²) in [5.41, 5.74) is 0. The first-order valence-electron chi connectivity index (χ1n) is 5.56. The second-order valence-corrected chi connectivity index (χ2v) is 4.90. The molecule has 0 unspecified atom stereocenters. The van der Waals surface area contributed by atoms with Gasteiger partial charge in [-0.05, 0) is 18.2 Å². The lowest BCUT2D eigenvalue weighted by atomic mass is 10.3. The summed E-state index contributed by atoms with van der Waals surface area (Å²) in [6, 6.07) is 3.90. The number of nitrogens with zero attached hydrogens (tertiary/aromatic N) is 2. The highest BCUT2D eigenvalue weighted by molar-refractivity contribution is 7.99. The Morgan fingerprint density at radius 1 is 1.10 bits per heavy atom. The highest BCUT2D eigenvalue weighted by atomic mass is 32.2. The van der Waals surface area contributed by atoms with Crippen LogP contribution >= 0.6 is 11.8 Å². The van der Waals surface area contributed by atoms with Gasteiger partial charge < -0.3 is 5.32 Å². The van der Waals surface area contributed by atoms with Crippen LogP contribution in [0.25, 0.3) is 0 Å². The van der Waals surface area contributed by atoms with E-state index < -0.39 is 23.6 Å². The molecule has 0 saturated heterocycles. The predicted molar refractivity (Wildman–Crippen MR) is 67.1 cm³/mol. The molecular formula is C12H8F5N3S. The molecule has 0 aliphatic heterocycles. The molecule has 0 amide bonds. The molecule has 2 aromatic rings. The van der Waals surface area contributed by atoms with Crippen LogP contribution in [0.15, 0.2) is 34.2 Å². The van der Waals surface area contributed by atoms with E-state index in [1.807, 2.05) is 0 Å². The number of hydrogen-bond acceptors (Lipinski definition) is 4. The normalized spacial score (nSPS) is 11.5. The highest BCUT2D eigenvalue weighted by Gasteiger charge is 2.35. The minimum Gasteiger partial charge on any atom is -0.373 e. The van der Waals surface area contributed by atoms with Gasteiger partial charge >= 0.3 is 6.18 Å². The van der Waals surface area contributed by atoms with Crippen molar-refractivity contribution in [3.05, 3.63) is 41.7 Å². The molecule has 1 aromatic heterocycles. The van der Waals surface area contributed by atoms with Gasteiger partial charge in [0.25, 0.3) is 0 Å². The molecule has 9 heteroatoms. The van der Waals surface area contributed by atoms with Crippen LogP contribution in [0, 0.1) is 11.6 Å². The van der Waals surface area contributed by atoms with Crippen LogP contribution in [0.3, 0.4) is 0 Å². The van der Waals surface area contributed by atoms with Gasteiger partial charge in [-0.3, -0.25) is 0 Å². The molecule has 0 atom stereocenters. The zero-order valence-corrected chi connectivity index (χ0v) is 11.3. The van der Waals surface area contributed by atoms with E-state index in [0.29, 0.717) is 11.8 Å². The van der Waals surface area contributed by atoms with Crippen LogP contribution in [0.4, 0.5) is 27.8 Å². The average Bonchev–Trinajstić information content (AvgIpc) is 2.41. The first-order valence-corrected chi connectivity index (χ1v) is 6.38. The number of hydrogen-bond donors (Lipinski definition) is 1. The third-order valence-electron chi connectivity index (χ3n) is 2.32. The fraction of sp³-hybridized carbons (Fsp3) is 0.167. The zero-order valence-electron chi connectivity index (χ0n) is 10.5. The third-order valence-corrected chi connectivity index (χ3v) is 3.27. The molecule has 0 spiro atoms. The number of anilines is 1. The topological polar surface area (TPSA) is 37.8 Å². The van der Waals surface area contributed by atoms with Gasteiger partial charge in [-0.15, -0.1) is 0 Å². The molecule has 0 radical (unpaired) electrons. The first-order chi connectivity index (χ1) is 9.79. The Bertz CT molecular complexity index is 660. The van der Waals surface area contributed by atoms with Gasteiger partial charge in [0.05, 0.1) is 4.90 Å². The van der Waals surface area contributed by atoms with E-state index in [9.17, 15) is 22.0 Å². The van der Waals surface area contributed by atoms with E-state index >= 15 is 0 Å². The largest absolute Gasteiger partial charge is 0.451 e. The minimum atomic E-state index is -4.73. The van der Waals surface area contributed by atoms with Gasteiger partial charge in [0.1, 0.15) is 22.5 Å². The van der Waals surface area contributed by atoms with Crippen molar-refractivity contribution in [1.29, 1.82) is 0 Å². The molecule has 0 aliphatic carbocycles. The molecule has 0 saturated carbocycles. The molecule has 1 aromatic carbocycles. The van der Waals surface area contributed by atoms with Crippen molar-refractivity contribution in [2.45, 2.75) is 16.1 Å². The molecule has 21 heavy (non-hydrogen) atoms. The van der Waals surface area contributed by atoms with Crippen molar-refractivity contribution in [1.82, 2.24) is 9.97 Å². The summed E-state index contributed by atoms with van der Waals surface area (Å²) >= 11 is 0.582. The number of halogens is 5. The van der Waals surface area contributed by atoms with Crippen LogP contribution in [0.5, 0.6) is 0 Å². The SMILES string of the molecule is CNc1cc(Sc2cc(F)ccc2F)nc(C(F)(F)F)n1. The lowest BCUT2D eigenvalue weighted by Gasteiger charge is -2.10. The van der Waals surface area contributed by atoms with Gasteiger partial charge in [0, 0.05) is 13.1 Å². The van der Waals surface area contributed by atoms with E-state index in [2.05, 4.69) is 15.3 Å². The second kappa shape index (κ2) is 5.84. The van der Waals surface area contributed by atoms with Gasteiger partial charge in [-0.25, -0.2) is 18.7 Å². The van der Waals surface area contributed by atoms with Crippen LogP contribution in [0.1, 0.15) is 5.82 Å². The molecule has 2 rings (SSSR count). The van der Waals surface area contributed by atoms with Crippen molar-refractivity contribution in [2.75, 3.05) is 12.4 Å². The maximum absolute atomic E-state index is 13.5. The van der Waals surface area contributed by atoms with E-state index in [0.717, 1.165) is 18.2 Å². The minimum absolute atomic E-state index is 0.0726. The van der Waals surface area contributed by atoms with Crippen LogP contribution in [-0.4, -0.2) is 17.0 Å². The smallest absolute Gasteiger partial charge is 0.373 e. The summed E-state index contributed by atoms with van der Waals surface area (Å²) in [4.78, 5) is 6.43. The fourth-order valence-corrected chi connectivity index (χ4v) is 2.27. The fourth-order valence-electron chi connectivity index (χ4n) is 1.40. The summed E-state index contributed by atoms with van der Waals surface area (Å²) in [5.74, 6) is -2.87. The summed E-state index contributed by atoms with van der Waals surface area (Å²) in [6.45, 7) is 0. The lowest BCUT2D eigenvalue weighted by molar-refractivity contribution is -0.145. The molecule has 112 valence electrons. The van der Waals surface area contributed by atoms with Gasteiger partial charge in [0.15, 0.2) is 0 Å². The zero-order chi connectivity index (χ0) is 15.6. The Morgan fingerprint density at radius 2 is 1.81 bits per heavy atom. The third kappa shape index (κ3) is 3.81. The summed E-state index contributed by atoms with van der Waals surface area (Å²) in [7, 11) is 1.39. The number of rotatable bonds is 3. The number of alkyl halides is 3. The number of aromatic nitrogens is 2. The summed E-state index contributed by atoms with van der Waals surface area (Å²) in [5, 5.41) is 2.31. The average molecular weight is 321 g/mol. The van der Waals surface area contributed by atoms with E-state index in [1.165, 1.54) is 13.1 Å². The standard InChI is InChI=1S/C12H8F5N3S/c1-18-9-5-10(20-11(19-9)12(15,16)17)21-8-4-6(13)2-3-7(8)14/h2-5H,1H3,(H,18,19,20). The van der Waals surface area contributed by atoms with Crippen LogP contribution in [0.2, 0.25) is 0 Å². The molecule has 0 aliphatic rings. The Labute approximate surface area is 120 Å². The number of nitrogens with one attached hydrogen (secondary N) is 1. The van der Waals surface area contributed by atoms with Crippen molar-refractivity contribution in [2.24, 2.45) is 0 Å². The van der Waals surface area contributed by atoms with Crippen LogP contribution in [-0.2, 0) is 6.18 Å². The quantitative estimate of drug-likeness (QED) is 0.686. The molecule has 3 nitrogen and oxygen atoms in total. The van der Waals surface area contributed by atoms with Crippen molar-refractivity contribution >= 4 is 17.6 Å². The van der Waals surface area contributed by atoms with Crippen molar-refractivity contribution < 1.29 is 22.0 Å². The molecule has 1 heterocycles. The Hall–Kier alpha value is -1.90. The maximum atomic E-state index is 13.5. The molecule has 1 N–H and O–H groups in total. The van der Waals surface area contributed by atoms with Crippen LogP contribution < -0.4 is 5.32 Å². The van der Waals surface area contributed by atoms with Crippen molar-refractivity contribution in [3.8, 4) is 0 Å². The molecule has 0 fully saturated rings. The maximum Gasteiger partial charge on any atom is 0.451 e. The summed E-state index contributed by atoms with van der Waals surface area (Å²) < 4.78 is 64.6. The van der Waals surface area contributed by atoms with Crippen molar-refractivity contribution in [3.63, 3.8) is 0 Å². The first kappa shape index (κ1) is 15.5. The number of benzene rings is 1. The van der Waals surface area contributed by atoms with Gasteiger partial charge in [-0.2, -0.15) is 13.2 Å². The molecular weight excluding hydrogens is 313 g/mol. The van der Waals surface area contributed by atoms with E-state index in [1.54, 1.807) is 0 Å².